The van der Waals surface area contributed by atoms with Crippen molar-refractivity contribution in [3.63, 3.8) is 0 Å². The SMILES string of the molecule is CCN1CCN(Cc2cnc(Nc3ncc(-c4ccnc(OC5CCOCC5)n4)s3)cn2)CC1. The predicted molar refractivity (Wildman–Crippen MR) is 130 cm³/mol. The van der Waals surface area contributed by atoms with Gasteiger partial charge in [0.05, 0.1) is 41.9 Å². The van der Waals surface area contributed by atoms with Crippen molar-refractivity contribution in [2.45, 2.75) is 32.4 Å². The fourth-order valence-corrected chi connectivity index (χ4v) is 4.82. The summed E-state index contributed by atoms with van der Waals surface area (Å²) in [6, 6.07) is 2.26. The Hall–Kier alpha value is -2.73. The lowest BCUT2D eigenvalue weighted by Gasteiger charge is -2.33. The van der Waals surface area contributed by atoms with E-state index in [4.69, 9.17) is 9.47 Å². The standard InChI is InChI=1S/C23H30N8O2S/c1-2-30-7-9-31(10-8-30)16-17-13-26-21(15-25-17)29-23-27-14-20(34-23)19-3-6-24-22(28-19)33-18-4-11-32-12-5-18/h3,6,13-15,18H,2,4-5,7-12,16H2,1H3,(H,26,27,29). The van der Waals surface area contributed by atoms with Gasteiger partial charge < -0.3 is 19.7 Å². The molecule has 2 aliphatic heterocycles. The number of piperazine rings is 1. The number of likely N-dealkylation sites (N-methyl/N-ethyl adjacent to an activating group) is 1. The van der Waals surface area contributed by atoms with Crippen LogP contribution in [-0.2, 0) is 11.3 Å². The zero-order chi connectivity index (χ0) is 23.2. The lowest BCUT2D eigenvalue weighted by molar-refractivity contribution is 0.0217. The summed E-state index contributed by atoms with van der Waals surface area (Å²) >= 11 is 1.50. The lowest BCUT2D eigenvalue weighted by Crippen LogP contribution is -2.45. The molecule has 2 fully saturated rings. The summed E-state index contributed by atoms with van der Waals surface area (Å²) in [6.45, 7) is 9.97. The van der Waals surface area contributed by atoms with Crippen molar-refractivity contribution in [3.05, 3.63) is 36.5 Å². The third kappa shape index (κ3) is 6.03. The number of nitrogens with one attached hydrogen (secondary N) is 1. The fraction of sp³-hybridized carbons (Fsp3) is 0.522. The van der Waals surface area contributed by atoms with Gasteiger partial charge in [-0.2, -0.15) is 4.98 Å². The highest BCUT2D eigenvalue weighted by Gasteiger charge is 2.18. The van der Waals surface area contributed by atoms with Gasteiger partial charge in [0, 0.05) is 58.0 Å². The second-order valence-corrected chi connectivity index (χ2v) is 9.44. The Kier molecular flexibility index (Phi) is 7.54. The first-order valence-electron chi connectivity index (χ1n) is 11.8. The van der Waals surface area contributed by atoms with Gasteiger partial charge in [-0.05, 0) is 12.6 Å². The molecule has 34 heavy (non-hydrogen) atoms. The topological polar surface area (TPSA) is 101 Å². The molecule has 1 N–H and O–H groups in total. The van der Waals surface area contributed by atoms with Gasteiger partial charge in [0.15, 0.2) is 10.9 Å². The van der Waals surface area contributed by atoms with Crippen LogP contribution in [0.15, 0.2) is 30.9 Å². The third-order valence-corrected chi connectivity index (χ3v) is 7.01. The van der Waals surface area contributed by atoms with E-state index in [-0.39, 0.29) is 6.10 Å². The van der Waals surface area contributed by atoms with Crippen LogP contribution in [0.2, 0.25) is 0 Å². The second-order valence-electron chi connectivity index (χ2n) is 8.41. The van der Waals surface area contributed by atoms with Crippen LogP contribution in [0.4, 0.5) is 10.9 Å². The summed E-state index contributed by atoms with van der Waals surface area (Å²) in [7, 11) is 0. The molecule has 0 bridgehead atoms. The summed E-state index contributed by atoms with van der Waals surface area (Å²) in [5, 5.41) is 3.98. The molecule has 11 heteroatoms. The van der Waals surface area contributed by atoms with E-state index in [1.165, 1.54) is 11.3 Å². The van der Waals surface area contributed by atoms with Gasteiger partial charge >= 0.3 is 6.01 Å². The van der Waals surface area contributed by atoms with Gasteiger partial charge in [0.1, 0.15) is 6.10 Å². The van der Waals surface area contributed by atoms with Gasteiger partial charge in [-0.25, -0.2) is 15.0 Å². The molecule has 0 amide bonds. The monoisotopic (exact) mass is 482 g/mol. The van der Waals surface area contributed by atoms with E-state index in [0.29, 0.717) is 25.0 Å². The molecular formula is C23H30N8O2S. The van der Waals surface area contributed by atoms with Crippen LogP contribution >= 0.6 is 11.3 Å². The fourth-order valence-electron chi connectivity index (χ4n) is 4.03. The van der Waals surface area contributed by atoms with Crippen molar-refractivity contribution in [1.82, 2.24) is 34.7 Å². The molecule has 10 nitrogen and oxygen atoms in total. The average molecular weight is 483 g/mol. The number of nitrogens with zero attached hydrogens (tertiary/aromatic N) is 7. The van der Waals surface area contributed by atoms with Crippen LogP contribution in [0, 0.1) is 0 Å². The smallest absolute Gasteiger partial charge is 0.317 e. The van der Waals surface area contributed by atoms with Crippen LogP contribution < -0.4 is 10.1 Å². The molecule has 0 spiro atoms. The van der Waals surface area contributed by atoms with Crippen LogP contribution in [0.1, 0.15) is 25.5 Å². The summed E-state index contributed by atoms with van der Waals surface area (Å²) in [5.41, 5.74) is 1.76. The second kappa shape index (κ2) is 11.1. The van der Waals surface area contributed by atoms with E-state index in [1.807, 2.05) is 12.3 Å². The summed E-state index contributed by atoms with van der Waals surface area (Å²) < 4.78 is 11.3. The first kappa shape index (κ1) is 23.0. The maximum absolute atomic E-state index is 5.94. The Labute approximate surface area is 203 Å². The Morgan fingerprint density at radius 1 is 1.03 bits per heavy atom. The number of aromatic nitrogens is 5. The first-order chi connectivity index (χ1) is 16.7. The molecule has 3 aromatic rings. The summed E-state index contributed by atoms with van der Waals surface area (Å²) in [6.07, 6.45) is 8.94. The molecule has 180 valence electrons. The van der Waals surface area contributed by atoms with Crippen LogP contribution in [-0.4, -0.2) is 86.8 Å². The van der Waals surface area contributed by atoms with Crippen LogP contribution in [0.3, 0.4) is 0 Å². The minimum absolute atomic E-state index is 0.102. The molecule has 3 aromatic heterocycles. The van der Waals surface area contributed by atoms with E-state index < -0.39 is 0 Å². The molecule has 0 aliphatic carbocycles. The zero-order valence-corrected chi connectivity index (χ0v) is 20.2. The van der Waals surface area contributed by atoms with Gasteiger partial charge in [0.25, 0.3) is 0 Å². The number of hydrogen-bond donors (Lipinski definition) is 1. The van der Waals surface area contributed by atoms with Crippen molar-refractivity contribution in [3.8, 4) is 16.6 Å². The largest absolute Gasteiger partial charge is 0.460 e. The highest BCUT2D eigenvalue weighted by Crippen LogP contribution is 2.30. The van der Waals surface area contributed by atoms with Crippen molar-refractivity contribution in [1.29, 1.82) is 0 Å². The Morgan fingerprint density at radius 2 is 1.85 bits per heavy atom. The van der Waals surface area contributed by atoms with E-state index in [2.05, 4.69) is 47.0 Å². The van der Waals surface area contributed by atoms with Crippen molar-refractivity contribution in [2.75, 3.05) is 51.3 Å². The molecule has 2 aliphatic rings. The van der Waals surface area contributed by atoms with E-state index in [9.17, 15) is 0 Å². The number of anilines is 2. The van der Waals surface area contributed by atoms with Gasteiger partial charge in [0.2, 0.25) is 0 Å². The minimum atomic E-state index is 0.102. The first-order valence-corrected chi connectivity index (χ1v) is 12.6. The van der Waals surface area contributed by atoms with E-state index in [0.717, 1.165) is 73.5 Å². The molecule has 0 radical (unpaired) electrons. The number of ether oxygens (including phenoxy) is 2. The van der Waals surface area contributed by atoms with Gasteiger partial charge in [-0.1, -0.05) is 18.3 Å². The number of rotatable bonds is 8. The molecule has 0 saturated carbocycles. The number of hydrogen-bond acceptors (Lipinski definition) is 11. The summed E-state index contributed by atoms with van der Waals surface area (Å²) in [5.74, 6) is 0.673. The molecule has 2 saturated heterocycles. The maximum Gasteiger partial charge on any atom is 0.317 e. The molecule has 5 heterocycles. The van der Waals surface area contributed by atoms with Crippen molar-refractivity contribution >= 4 is 22.3 Å². The highest BCUT2D eigenvalue weighted by molar-refractivity contribution is 7.18. The normalized spacial score (nSPS) is 18.1. The van der Waals surface area contributed by atoms with E-state index >= 15 is 0 Å². The van der Waals surface area contributed by atoms with Crippen LogP contribution in [0.25, 0.3) is 10.6 Å². The minimum Gasteiger partial charge on any atom is -0.460 e. The maximum atomic E-state index is 5.94. The molecule has 0 unspecified atom stereocenters. The van der Waals surface area contributed by atoms with Gasteiger partial charge in [-0.15, -0.1) is 0 Å². The Bertz CT molecular complexity index is 1050. The lowest BCUT2D eigenvalue weighted by atomic mass is 10.2. The molecular weight excluding hydrogens is 452 g/mol. The van der Waals surface area contributed by atoms with Gasteiger partial charge in [-0.3, -0.25) is 9.88 Å². The predicted octanol–water partition coefficient (Wildman–Crippen LogP) is 2.83. The molecule has 0 atom stereocenters. The van der Waals surface area contributed by atoms with E-state index in [1.54, 1.807) is 18.6 Å². The average Bonchev–Trinajstić information content (AvgIpc) is 3.35. The third-order valence-electron chi connectivity index (χ3n) is 6.07. The zero-order valence-electron chi connectivity index (χ0n) is 19.4. The van der Waals surface area contributed by atoms with Crippen molar-refractivity contribution < 1.29 is 9.47 Å². The Balaban J connectivity index is 1.16. The summed E-state index contributed by atoms with van der Waals surface area (Å²) in [4.78, 5) is 28.3. The van der Waals surface area contributed by atoms with Crippen LogP contribution in [0.5, 0.6) is 6.01 Å². The quantitative estimate of drug-likeness (QED) is 0.516. The van der Waals surface area contributed by atoms with Crippen molar-refractivity contribution in [2.24, 2.45) is 0 Å². The Morgan fingerprint density at radius 3 is 2.62 bits per heavy atom. The number of thiazole rings is 1. The molecule has 0 aromatic carbocycles. The highest BCUT2D eigenvalue weighted by atomic mass is 32.1. The molecule has 5 rings (SSSR count).